The molecule has 2 aromatic rings. The number of anilines is 1. The molecule has 104 valence electrons. The highest BCUT2D eigenvalue weighted by molar-refractivity contribution is 6.35. The summed E-state index contributed by atoms with van der Waals surface area (Å²) in [5.74, 6) is 0. The van der Waals surface area contributed by atoms with Crippen molar-refractivity contribution in [3.8, 4) is 6.07 Å². The Morgan fingerprint density at radius 3 is 2.90 bits per heavy atom. The quantitative estimate of drug-likeness (QED) is 0.872. The summed E-state index contributed by atoms with van der Waals surface area (Å²) < 4.78 is 0. The Labute approximate surface area is 124 Å². The lowest BCUT2D eigenvalue weighted by Gasteiger charge is -2.25. The molecule has 1 aromatic carbocycles. The van der Waals surface area contributed by atoms with Gasteiger partial charge in [-0.25, -0.2) is 0 Å². The zero-order valence-electron chi connectivity index (χ0n) is 11.8. The Morgan fingerprint density at radius 1 is 1.35 bits per heavy atom. The number of nitrogens with one attached hydrogen (secondary N) is 1. The summed E-state index contributed by atoms with van der Waals surface area (Å²) in [4.78, 5) is 4.32. The lowest BCUT2D eigenvalue weighted by atomic mass is 9.88. The predicted octanol–water partition coefficient (Wildman–Crippen LogP) is 4.63. The molecule has 4 heteroatoms. The monoisotopic (exact) mass is 287 g/mol. The fourth-order valence-electron chi connectivity index (χ4n) is 2.11. The Balaban J connectivity index is 2.19. The lowest BCUT2D eigenvalue weighted by Crippen LogP contribution is -2.23. The van der Waals surface area contributed by atoms with Gasteiger partial charge in [-0.1, -0.05) is 25.4 Å². The third-order valence-corrected chi connectivity index (χ3v) is 3.70. The first-order valence-corrected chi connectivity index (χ1v) is 7.05. The zero-order valence-corrected chi connectivity index (χ0v) is 12.5. The van der Waals surface area contributed by atoms with Crippen molar-refractivity contribution in [3.63, 3.8) is 0 Å². The summed E-state index contributed by atoms with van der Waals surface area (Å²) in [6.45, 7) is 5.13. The average molecular weight is 288 g/mol. The average Bonchev–Trinajstić information content (AvgIpc) is 2.45. The van der Waals surface area contributed by atoms with Crippen LogP contribution in [0.5, 0.6) is 0 Å². The van der Waals surface area contributed by atoms with Gasteiger partial charge in [0.15, 0.2) is 0 Å². The number of benzene rings is 1. The SMILES string of the molecule is CC(C)(CCC#N)CNc1ccc(Cl)c2ncccc12. The molecule has 1 heterocycles. The number of nitrogens with zero attached hydrogens (tertiary/aromatic N) is 2. The van der Waals surface area contributed by atoms with Gasteiger partial charge in [0, 0.05) is 30.2 Å². The second-order valence-corrected chi connectivity index (χ2v) is 6.08. The summed E-state index contributed by atoms with van der Waals surface area (Å²) in [5, 5.41) is 13.8. The topological polar surface area (TPSA) is 48.7 Å². The number of aromatic nitrogens is 1. The number of hydrogen-bond donors (Lipinski definition) is 1. The minimum Gasteiger partial charge on any atom is -0.384 e. The first-order chi connectivity index (χ1) is 9.53. The van der Waals surface area contributed by atoms with Crippen LogP contribution in [0.3, 0.4) is 0 Å². The van der Waals surface area contributed by atoms with Crippen molar-refractivity contribution in [2.75, 3.05) is 11.9 Å². The Morgan fingerprint density at radius 2 is 2.15 bits per heavy atom. The number of nitriles is 1. The summed E-state index contributed by atoms with van der Waals surface area (Å²) in [7, 11) is 0. The molecule has 0 aliphatic carbocycles. The van der Waals surface area contributed by atoms with E-state index in [-0.39, 0.29) is 5.41 Å². The standard InChI is InChI=1S/C16H18ClN3/c1-16(2,8-4-9-18)11-20-14-7-6-13(17)15-12(14)5-3-10-19-15/h3,5-7,10,20H,4,8,11H2,1-2H3. The largest absolute Gasteiger partial charge is 0.384 e. The summed E-state index contributed by atoms with van der Waals surface area (Å²) in [5.41, 5.74) is 1.92. The van der Waals surface area contributed by atoms with Gasteiger partial charge < -0.3 is 5.32 Å². The molecule has 0 unspecified atom stereocenters. The van der Waals surface area contributed by atoms with Crippen molar-refractivity contribution in [1.29, 1.82) is 5.26 Å². The van der Waals surface area contributed by atoms with Crippen LogP contribution in [0, 0.1) is 16.7 Å². The van der Waals surface area contributed by atoms with E-state index in [0.717, 1.165) is 29.6 Å². The molecule has 2 rings (SSSR count). The van der Waals surface area contributed by atoms with Crippen molar-refractivity contribution in [3.05, 3.63) is 35.5 Å². The second kappa shape index (κ2) is 6.11. The van der Waals surface area contributed by atoms with Crippen molar-refractivity contribution in [2.45, 2.75) is 26.7 Å². The van der Waals surface area contributed by atoms with Crippen molar-refractivity contribution in [2.24, 2.45) is 5.41 Å². The van der Waals surface area contributed by atoms with Gasteiger partial charge in [0.1, 0.15) is 0 Å². The van der Waals surface area contributed by atoms with Crippen LogP contribution in [-0.4, -0.2) is 11.5 Å². The maximum Gasteiger partial charge on any atom is 0.0908 e. The first-order valence-electron chi connectivity index (χ1n) is 6.67. The fourth-order valence-corrected chi connectivity index (χ4v) is 2.32. The third-order valence-electron chi connectivity index (χ3n) is 3.39. The van der Waals surface area contributed by atoms with Crippen LogP contribution >= 0.6 is 11.6 Å². The minimum absolute atomic E-state index is 0.0733. The predicted molar refractivity (Wildman–Crippen MR) is 83.9 cm³/mol. The molecule has 0 aliphatic heterocycles. The maximum absolute atomic E-state index is 8.69. The highest BCUT2D eigenvalue weighted by Gasteiger charge is 2.17. The van der Waals surface area contributed by atoms with E-state index < -0.39 is 0 Å². The molecular weight excluding hydrogens is 270 g/mol. The molecule has 0 bridgehead atoms. The molecule has 3 nitrogen and oxygen atoms in total. The Bertz CT molecular complexity index is 644. The van der Waals surface area contributed by atoms with E-state index in [1.54, 1.807) is 6.20 Å². The fraction of sp³-hybridized carbons (Fsp3) is 0.375. The molecule has 0 radical (unpaired) electrons. The number of fused-ring (bicyclic) bond motifs is 1. The highest BCUT2D eigenvalue weighted by atomic mass is 35.5. The first kappa shape index (κ1) is 14.6. The van der Waals surface area contributed by atoms with Gasteiger partial charge in [0.05, 0.1) is 16.6 Å². The smallest absolute Gasteiger partial charge is 0.0908 e. The highest BCUT2D eigenvalue weighted by Crippen LogP contribution is 2.29. The van der Waals surface area contributed by atoms with Gasteiger partial charge in [0.2, 0.25) is 0 Å². The van der Waals surface area contributed by atoms with E-state index in [1.807, 2.05) is 24.3 Å². The van der Waals surface area contributed by atoms with E-state index >= 15 is 0 Å². The van der Waals surface area contributed by atoms with E-state index in [9.17, 15) is 0 Å². The summed E-state index contributed by atoms with van der Waals surface area (Å²) in [6.07, 6.45) is 3.20. The Hall–Kier alpha value is -1.79. The molecule has 0 atom stereocenters. The molecule has 20 heavy (non-hydrogen) atoms. The zero-order chi connectivity index (χ0) is 14.6. The number of hydrogen-bond acceptors (Lipinski definition) is 3. The lowest BCUT2D eigenvalue weighted by molar-refractivity contribution is 0.364. The molecule has 0 saturated heterocycles. The number of halogens is 1. The maximum atomic E-state index is 8.69. The number of pyridine rings is 1. The van der Waals surface area contributed by atoms with Crippen LogP contribution in [0.15, 0.2) is 30.5 Å². The molecule has 1 aromatic heterocycles. The van der Waals surface area contributed by atoms with Gasteiger partial charge in [0.25, 0.3) is 0 Å². The van der Waals surface area contributed by atoms with Crippen LogP contribution in [0.1, 0.15) is 26.7 Å². The van der Waals surface area contributed by atoms with Crippen molar-refractivity contribution < 1.29 is 0 Å². The molecule has 0 aliphatic rings. The normalized spacial score (nSPS) is 11.3. The van der Waals surface area contributed by atoms with Crippen LogP contribution in [0.4, 0.5) is 5.69 Å². The molecular formula is C16H18ClN3. The van der Waals surface area contributed by atoms with Gasteiger partial charge in [-0.2, -0.15) is 5.26 Å². The van der Waals surface area contributed by atoms with Gasteiger partial charge in [-0.3, -0.25) is 4.98 Å². The molecule has 1 N–H and O–H groups in total. The van der Waals surface area contributed by atoms with Crippen molar-refractivity contribution >= 4 is 28.2 Å². The van der Waals surface area contributed by atoms with Crippen LogP contribution in [0.2, 0.25) is 5.02 Å². The van der Waals surface area contributed by atoms with E-state index in [1.165, 1.54) is 0 Å². The van der Waals surface area contributed by atoms with E-state index in [0.29, 0.717) is 11.4 Å². The van der Waals surface area contributed by atoms with Gasteiger partial charge in [-0.05, 0) is 36.1 Å². The van der Waals surface area contributed by atoms with Crippen molar-refractivity contribution in [1.82, 2.24) is 4.98 Å². The summed E-state index contributed by atoms with van der Waals surface area (Å²) in [6, 6.07) is 9.97. The molecule has 0 fully saturated rings. The van der Waals surface area contributed by atoms with E-state index in [4.69, 9.17) is 16.9 Å². The van der Waals surface area contributed by atoms with Crippen LogP contribution < -0.4 is 5.32 Å². The Kier molecular flexibility index (Phi) is 4.46. The van der Waals surface area contributed by atoms with Gasteiger partial charge >= 0.3 is 0 Å². The van der Waals surface area contributed by atoms with Gasteiger partial charge in [-0.15, -0.1) is 0 Å². The number of rotatable bonds is 5. The molecule has 0 saturated carbocycles. The molecule has 0 spiro atoms. The summed E-state index contributed by atoms with van der Waals surface area (Å²) >= 11 is 6.16. The van der Waals surface area contributed by atoms with E-state index in [2.05, 4.69) is 30.2 Å². The third kappa shape index (κ3) is 3.40. The minimum atomic E-state index is 0.0733. The molecule has 0 amide bonds. The second-order valence-electron chi connectivity index (χ2n) is 5.67. The van der Waals surface area contributed by atoms with Crippen LogP contribution in [-0.2, 0) is 0 Å². The van der Waals surface area contributed by atoms with Crippen LogP contribution in [0.25, 0.3) is 10.9 Å².